The molecule has 0 aromatic heterocycles. The van der Waals surface area contributed by atoms with Crippen LogP contribution in [0.15, 0.2) is 48.5 Å². The van der Waals surface area contributed by atoms with Crippen LogP contribution in [-0.4, -0.2) is 37.5 Å². The molecule has 0 unspecified atom stereocenters. The van der Waals surface area contributed by atoms with Gasteiger partial charge in [0.05, 0.1) is 12.1 Å². The van der Waals surface area contributed by atoms with Crippen molar-refractivity contribution in [3.8, 4) is 0 Å². The van der Waals surface area contributed by atoms with E-state index in [4.69, 9.17) is 0 Å². The maximum atomic E-state index is 13.4. The predicted octanol–water partition coefficient (Wildman–Crippen LogP) is 1.31. The van der Waals surface area contributed by atoms with E-state index >= 15 is 0 Å². The van der Waals surface area contributed by atoms with E-state index < -0.39 is 23.7 Å². The van der Waals surface area contributed by atoms with Gasteiger partial charge in [-0.05, 0) is 29.8 Å². The van der Waals surface area contributed by atoms with Crippen molar-refractivity contribution in [1.82, 2.24) is 21.3 Å². The van der Waals surface area contributed by atoms with Crippen LogP contribution in [0.5, 0.6) is 0 Å². The van der Waals surface area contributed by atoms with Crippen LogP contribution in [0, 0.1) is 11.6 Å². The third-order valence-electron chi connectivity index (χ3n) is 3.63. The fourth-order valence-corrected chi connectivity index (χ4v) is 2.19. The summed E-state index contributed by atoms with van der Waals surface area (Å²) in [4.78, 5) is 35.1. The van der Waals surface area contributed by atoms with Gasteiger partial charge in [0.2, 0.25) is 5.91 Å². The Balaban J connectivity index is 1.58. The molecule has 28 heavy (non-hydrogen) atoms. The van der Waals surface area contributed by atoms with Gasteiger partial charge < -0.3 is 21.3 Å². The first-order valence-electron chi connectivity index (χ1n) is 8.51. The van der Waals surface area contributed by atoms with Crippen LogP contribution < -0.4 is 21.3 Å². The molecular formula is C19H20F2N4O3. The van der Waals surface area contributed by atoms with Crippen molar-refractivity contribution in [2.75, 3.05) is 19.6 Å². The molecule has 0 aliphatic rings. The Morgan fingerprint density at radius 3 is 2.18 bits per heavy atom. The molecule has 0 bridgehead atoms. The summed E-state index contributed by atoms with van der Waals surface area (Å²) in [7, 11) is 0. The molecule has 0 saturated carbocycles. The number of carbonyl (C=O) groups is 3. The number of benzene rings is 2. The number of nitrogens with one attached hydrogen (secondary N) is 4. The van der Waals surface area contributed by atoms with E-state index in [0.717, 1.165) is 0 Å². The van der Waals surface area contributed by atoms with Crippen LogP contribution in [0.2, 0.25) is 0 Å². The molecule has 0 heterocycles. The molecule has 0 saturated heterocycles. The van der Waals surface area contributed by atoms with Crippen LogP contribution in [-0.2, 0) is 11.3 Å². The van der Waals surface area contributed by atoms with E-state index in [0.29, 0.717) is 5.56 Å². The molecule has 0 aliphatic heterocycles. The lowest BCUT2D eigenvalue weighted by Crippen LogP contribution is -2.43. The molecule has 0 fully saturated rings. The Bertz CT molecular complexity index is 828. The zero-order valence-corrected chi connectivity index (χ0v) is 14.9. The minimum absolute atomic E-state index is 0.0756. The number of hydrogen-bond donors (Lipinski definition) is 4. The van der Waals surface area contributed by atoms with Gasteiger partial charge >= 0.3 is 6.03 Å². The summed E-state index contributed by atoms with van der Waals surface area (Å²) in [6.45, 7) is 0.167. The van der Waals surface area contributed by atoms with E-state index in [2.05, 4.69) is 21.3 Å². The second-order valence-electron chi connectivity index (χ2n) is 5.75. The highest BCUT2D eigenvalue weighted by atomic mass is 19.1. The number of carbonyl (C=O) groups excluding carboxylic acids is 3. The molecule has 0 atom stereocenters. The number of urea groups is 1. The molecule has 0 spiro atoms. The Morgan fingerprint density at radius 2 is 1.46 bits per heavy atom. The van der Waals surface area contributed by atoms with Gasteiger partial charge in [0.25, 0.3) is 5.91 Å². The monoisotopic (exact) mass is 390 g/mol. The first-order valence-corrected chi connectivity index (χ1v) is 8.51. The van der Waals surface area contributed by atoms with E-state index in [-0.39, 0.29) is 37.6 Å². The molecule has 0 radical (unpaired) electrons. The Labute approximate surface area is 160 Å². The lowest BCUT2D eigenvalue weighted by Gasteiger charge is -2.09. The number of rotatable bonds is 8. The highest BCUT2D eigenvalue weighted by Gasteiger charge is 2.10. The third kappa shape index (κ3) is 7.02. The molecule has 4 amide bonds. The third-order valence-corrected chi connectivity index (χ3v) is 3.63. The van der Waals surface area contributed by atoms with E-state index in [9.17, 15) is 23.2 Å². The summed E-state index contributed by atoms with van der Waals surface area (Å²) in [6, 6.07) is 10.7. The highest BCUT2D eigenvalue weighted by molar-refractivity contribution is 5.94. The van der Waals surface area contributed by atoms with Crippen molar-refractivity contribution in [2.45, 2.75) is 6.54 Å². The zero-order chi connectivity index (χ0) is 20.4. The summed E-state index contributed by atoms with van der Waals surface area (Å²) < 4.78 is 26.2. The van der Waals surface area contributed by atoms with Crippen LogP contribution in [0.1, 0.15) is 15.9 Å². The van der Waals surface area contributed by atoms with Gasteiger partial charge in [0.1, 0.15) is 11.6 Å². The molecule has 2 aromatic carbocycles. The van der Waals surface area contributed by atoms with Crippen molar-refractivity contribution in [1.29, 1.82) is 0 Å². The molecule has 2 rings (SSSR count). The standard InChI is InChI=1S/C19H20F2N4O3/c20-14-7-5-13(6-8-14)11-24-19(28)25-12-17(26)22-9-10-23-18(27)15-3-1-2-4-16(15)21/h1-8H,9-12H2,(H,22,26)(H,23,27)(H2,24,25,28). The summed E-state index contributed by atoms with van der Waals surface area (Å²) in [5.41, 5.74) is 0.639. The topological polar surface area (TPSA) is 99.3 Å². The van der Waals surface area contributed by atoms with Crippen LogP contribution in [0.3, 0.4) is 0 Å². The average Bonchev–Trinajstić information content (AvgIpc) is 2.69. The van der Waals surface area contributed by atoms with Crippen LogP contribution in [0.4, 0.5) is 13.6 Å². The van der Waals surface area contributed by atoms with Crippen molar-refractivity contribution >= 4 is 17.8 Å². The summed E-state index contributed by atoms with van der Waals surface area (Å²) in [5, 5.41) is 9.90. The normalized spacial score (nSPS) is 10.1. The number of halogens is 2. The first kappa shape index (κ1) is 20.8. The molecular weight excluding hydrogens is 370 g/mol. The fourth-order valence-electron chi connectivity index (χ4n) is 2.19. The quantitative estimate of drug-likeness (QED) is 0.512. The van der Waals surface area contributed by atoms with Crippen molar-refractivity contribution < 1.29 is 23.2 Å². The predicted molar refractivity (Wildman–Crippen MR) is 98.4 cm³/mol. The average molecular weight is 390 g/mol. The van der Waals surface area contributed by atoms with E-state index in [1.807, 2.05) is 0 Å². The molecule has 9 heteroatoms. The Hall–Kier alpha value is -3.49. The summed E-state index contributed by atoms with van der Waals surface area (Å²) >= 11 is 0. The van der Waals surface area contributed by atoms with Gasteiger partial charge in [-0.25, -0.2) is 13.6 Å². The summed E-state index contributed by atoms with van der Waals surface area (Å²) in [5.74, 6) is -2.02. The SMILES string of the molecule is O=C(CNC(=O)NCc1ccc(F)cc1)NCCNC(=O)c1ccccc1F. The summed E-state index contributed by atoms with van der Waals surface area (Å²) in [6.07, 6.45) is 0. The van der Waals surface area contributed by atoms with Crippen LogP contribution in [0.25, 0.3) is 0 Å². The molecule has 148 valence electrons. The van der Waals surface area contributed by atoms with Crippen molar-refractivity contribution in [3.63, 3.8) is 0 Å². The van der Waals surface area contributed by atoms with Gasteiger partial charge in [-0.15, -0.1) is 0 Å². The maximum absolute atomic E-state index is 13.4. The molecule has 4 N–H and O–H groups in total. The lowest BCUT2D eigenvalue weighted by molar-refractivity contribution is -0.120. The van der Waals surface area contributed by atoms with Gasteiger partial charge in [0, 0.05) is 19.6 Å². The largest absolute Gasteiger partial charge is 0.353 e. The first-order chi connectivity index (χ1) is 13.5. The van der Waals surface area contributed by atoms with Gasteiger partial charge in [-0.1, -0.05) is 24.3 Å². The minimum Gasteiger partial charge on any atom is -0.353 e. The Morgan fingerprint density at radius 1 is 0.786 bits per heavy atom. The van der Waals surface area contributed by atoms with Crippen LogP contribution >= 0.6 is 0 Å². The second kappa shape index (κ2) is 10.6. The smallest absolute Gasteiger partial charge is 0.315 e. The van der Waals surface area contributed by atoms with Crippen molar-refractivity contribution in [3.05, 3.63) is 71.3 Å². The molecule has 0 aliphatic carbocycles. The number of amides is 4. The van der Waals surface area contributed by atoms with Crippen molar-refractivity contribution in [2.24, 2.45) is 0 Å². The minimum atomic E-state index is -0.625. The molecule has 7 nitrogen and oxygen atoms in total. The van der Waals surface area contributed by atoms with E-state index in [1.165, 1.54) is 42.5 Å². The van der Waals surface area contributed by atoms with Gasteiger partial charge in [0.15, 0.2) is 0 Å². The second-order valence-corrected chi connectivity index (χ2v) is 5.75. The maximum Gasteiger partial charge on any atom is 0.315 e. The van der Waals surface area contributed by atoms with Gasteiger partial charge in [-0.2, -0.15) is 0 Å². The highest BCUT2D eigenvalue weighted by Crippen LogP contribution is 2.05. The zero-order valence-electron chi connectivity index (χ0n) is 14.9. The van der Waals surface area contributed by atoms with E-state index in [1.54, 1.807) is 6.07 Å². The number of hydrogen-bond acceptors (Lipinski definition) is 3. The molecule has 2 aromatic rings. The fraction of sp³-hybridized carbons (Fsp3) is 0.211. The Kier molecular flexibility index (Phi) is 7.89. The lowest BCUT2D eigenvalue weighted by atomic mass is 10.2. The van der Waals surface area contributed by atoms with Gasteiger partial charge in [-0.3, -0.25) is 9.59 Å².